The molecule has 114 valence electrons. The number of nitrogens with zero attached hydrogens (tertiary/aromatic N) is 1. The molecule has 0 spiro atoms. The highest BCUT2D eigenvalue weighted by molar-refractivity contribution is 7.98. The van der Waals surface area contributed by atoms with Crippen molar-refractivity contribution < 1.29 is 14.3 Å². The lowest BCUT2D eigenvalue weighted by molar-refractivity contribution is 0.209. The van der Waals surface area contributed by atoms with Crippen LogP contribution < -0.4 is 5.32 Å². The van der Waals surface area contributed by atoms with Crippen LogP contribution in [-0.4, -0.2) is 16.2 Å². The molecule has 1 saturated carbocycles. The molecule has 0 radical (unpaired) electrons. The predicted molar refractivity (Wildman–Crippen MR) is 83.8 cm³/mol. The molecule has 4 nitrogen and oxygen atoms in total. The fraction of sp³-hybridized carbons (Fsp3) is 0.250. The van der Waals surface area contributed by atoms with E-state index >= 15 is 0 Å². The largest absolute Gasteiger partial charge is 0.465 e. The highest BCUT2D eigenvalue weighted by Gasteiger charge is 2.29. The van der Waals surface area contributed by atoms with Gasteiger partial charge in [-0.05, 0) is 18.4 Å². The van der Waals surface area contributed by atoms with Crippen LogP contribution in [0.1, 0.15) is 30.0 Å². The second-order valence-electron chi connectivity index (χ2n) is 5.19. The lowest BCUT2D eigenvalue weighted by Crippen LogP contribution is -2.11. The number of amides is 1. The van der Waals surface area contributed by atoms with E-state index in [9.17, 15) is 9.18 Å². The van der Waals surface area contributed by atoms with Gasteiger partial charge in [-0.15, -0.1) is 0 Å². The Kier molecular flexibility index (Phi) is 4.29. The molecule has 3 rings (SSSR count). The van der Waals surface area contributed by atoms with Gasteiger partial charge in [-0.2, -0.15) is 0 Å². The summed E-state index contributed by atoms with van der Waals surface area (Å²) in [6.07, 6.45) is 0.735. The van der Waals surface area contributed by atoms with E-state index in [0.717, 1.165) is 18.4 Å². The fourth-order valence-corrected chi connectivity index (χ4v) is 3.05. The number of pyridine rings is 1. The van der Waals surface area contributed by atoms with Gasteiger partial charge >= 0.3 is 6.09 Å². The number of carboxylic acid groups (broad SMARTS) is 1. The van der Waals surface area contributed by atoms with Crippen LogP contribution in [0.5, 0.6) is 0 Å². The molecule has 2 aromatic rings. The van der Waals surface area contributed by atoms with E-state index in [1.54, 1.807) is 0 Å². The maximum absolute atomic E-state index is 14.2. The molecule has 0 atom stereocenters. The summed E-state index contributed by atoms with van der Waals surface area (Å²) < 4.78 is 14.2. The summed E-state index contributed by atoms with van der Waals surface area (Å²) in [5.74, 6) is 0.369. The van der Waals surface area contributed by atoms with Crippen LogP contribution in [0, 0.1) is 5.82 Å². The third-order valence-corrected chi connectivity index (χ3v) is 4.43. The lowest BCUT2D eigenvalue weighted by Gasteiger charge is -2.11. The van der Waals surface area contributed by atoms with Gasteiger partial charge in [0.15, 0.2) is 5.82 Å². The summed E-state index contributed by atoms with van der Waals surface area (Å²) in [5, 5.41) is 11.4. The zero-order chi connectivity index (χ0) is 15.5. The van der Waals surface area contributed by atoms with Gasteiger partial charge in [0.1, 0.15) is 5.03 Å². The molecule has 1 aromatic carbocycles. The summed E-state index contributed by atoms with van der Waals surface area (Å²) in [7, 11) is 0. The van der Waals surface area contributed by atoms with Gasteiger partial charge in [0.05, 0.1) is 11.4 Å². The topological polar surface area (TPSA) is 62.2 Å². The van der Waals surface area contributed by atoms with Gasteiger partial charge in [0.25, 0.3) is 0 Å². The van der Waals surface area contributed by atoms with Crippen molar-refractivity contribution in [3.05, 3.63) is 53.5 Å². The van der Waals surface area contributed by atoms with Crippen molar-refractivity contribution >= 4 is 23.5 Å². The van der Waals surface area contributed by atoms with Gasteiger partial charge in [-0.3, -0.25) is 5.32 Å². The smallest absolute Gasteiger partial charge is 0.409 e. The molecule has 0 bridgehead atoms. The minimum atomic E-state index is -1.20. The second kappa shape index (κ2) is 6.36. The van der Waals surface area contributed by atoms with Gasteiger partial charge in [0.2, 0.25) is 0 Å². The molecule has 1 heterocycles. The molecule has 2 N–H and O–H groups in total. The van der Waals surface area contributed by atoms with Crippen molar-refractivity contribution in [3.63, 3.8) is 0 Å². The number of rotatable bonds is 5. The van der Waals surface area contributed by atoms with Gasteiger partial charge in [-0.1, -0.05) is 42.1 Å². The number of halogens is 1. The first-order valence-corrected chi connectivity index (χ1v) is 7.99. The Labute approximate surface area is 131 Å². The Morgan fingerprint density at radius 3 is 2.73 bits per heavy atom. The van der Waals surface area contributed by atoms with Crippen LogP contribution in [0.4, 0.5) is 14.9 Å². The van der Waals surface area contributed by atoms with Crippen molar-refractivity contribution in [1.29, 1.82) is 0 Å². The highest BCUT2D eigenvalue weighted by Crippen LogP contribution is 2.43. The second-order valence-corrected chi connectivity index (χ2v) is 6.15. The molecule has 1 aromatic heterocycles. The van der Waals surface area contributed by atoms with Gasteiger partial charge in [-0.25, -0.2) is 14.2 Å². The third-order valence-electron chi connectivity index (χ3n) is 3.40. The van der Waals surface area contributed by atoms with Crippen LogP contribution in [0.2, 0.25) is 0 Å². The first kappa shape index (κ1) is 14.8. The van der Waals surface area contributed by atoms with Crippen LogP contribution in [0.15, 0.2) is 41.4 Å². The number of hydrogen-bond acceptors (Lipinski definition) is 3. The highest BCUT2D eigenvalue weighted by atomic mass is 32.2. The maximum Gasteiger partial charge on any atom is 0.409 e. The van der Waals surface area contributed by atoms with Crippen LogP contribution in [0.25, 0.3) is 0 Å². The molecule has 0 aliphatic heterocycles. The number of thioether (sulfide) groups is 1. The Bertz CT molecular complexity index is 690. The third kappa shape index (κ3) is 3.57. The summed E-state index contributed by atoms with van der Waals surface area (Å²) in [6.45, 7) is 0. The number of benzene rings is 1. The van der Waals surface area contributed by atoms with E-state index in [0.29, 0.717) is 16.5 Å². The van der Waals surface area contributed by atoms with Crippen molar-refractivity contribution in [2.24, 2.45) is 0 Å². The lowest BCUT2D eigenvalue weighted by atomic mass is 10.2. The van der Waals surface area contributed by atoms with E-state index < -0.39 is 11.9 Å². The van der Waals surface area contributed by atoms with Crippen LogP contribution >= 0.6 is 11.8 Å². The summed E-state index contributed by atoms with van der Waals surface area (Å²) in [4.78, 5) is 15.2. The van der Waals surface area contributed by atoms with Crippen molar-refractivity contribution in [2.75, 3.05) is 5.32 Å². The first-order valence-electron chi connectivity index (χ1n) is 7.00. The van der Waals surface area contributed by atoms with Crippen molar-refractivity contribution in [2.45, 2.75) is 29.5 Å². The molecule has 1 amide bonds. The Hall–Kier alpha value is -2.08. The molecule has 0 unspecified atom stereocenters. The van der Waals surface area contributed by atoms with Gasteiger partial charge in [0, 0.05) is 17.7 Å². The first-order chi connectivity index (χ1) is 10.6. The normalized spacial score (nSPS) is 13.9. The van der Waals surface area contributed by atoms with Gasteiger partial charge < -0.3 is 5.11 Å². The van der Waals surface area contributed by atoms with Crippen molar-refractivity contribution in [3.8, 4) is 0 Å². The number of anilines is 1. The summed E-state index contributed by atoms with van der Waals surface area (Å²) in [6, 6.07) is 11.0. The molecular formula is C16H15FN2O2S. The standard InChI is InChI=1S/C16H15FN2O2S/c17-12-8-13(18-16(20)21)14(11-6-7-11)19-15(12)22-9-10-4-2-1-3-5-10/h1-5,8,11,18H,6-7,9H2,(H,20,21). The Balaban J connectivity index is 1.82. The summed E-state index contributed by atoms with van der Waals surface area (Å²) >= 11 is 1.33. The zero-order valence-corrected chi connectivity index (χ0v) is 12.6. The average Bonchev–Trinajstić information content (AvgIpc) is 3.31. The molecular weight excluding hydrogens is 303 g/mol. The minimum Gasteiger partial charge on any atom is -0.465 e. The van der Waals surface area contributed by atoms with Crippen LogP contribution in [0.3, 0.4) is 0 Å². The number of aromatic nitrogens is 1. The van der Waals surface area contributed by atoms with E-state index in [1.165, 1.54) is 17.8 Å². The SMILES string of the molecule is O=C(O)Nc1cc(F)c(SCc2ccccc2)nc1C1CC1. The number of hydrogen-bond donors (Lipinski definition) is 2. The number of nitrogens with one attached hydrogen (secondary N) is 1. The average molecular weight is 318 g/mol. The Morgan fingerprint density at radius 2 is 2.09 bits per heavy atom. The Morgan fingerprint density at radius 1 is 1.36 bits per heavy atom. The molecule has 0 saturated heterocycles. The van der Waals surface area contributed by atoms with Crippen LogP contribution in [-0.2, 0) is 5.75 Å². The van der Waals surface area contributed by atoms with E-state index in [1.807, 2.05) is 30.3 Å². The van der Waals surface area contributed by atoms with Crippen molar-refractivity contribution in [1.82, 2.24) is 4.98 Å². The molecule has 1 aliphatic rings. The summed E-state index contributed by atoms with van der Waals surface area (Å²) in [5.41, 5.74) is 2.00. The molecule has 1 aliphatic carbocycles. The maximum atomic E-state index is 14.2. The molecule has 1 fully saturated rings. The van der Waals surface area contributed by atoms with E-state index in [-0.39, 0.29) is 11.6 Å². The molecule has 22 heavy (non-hydrogen) atoms. The fourth-order valence-electron chi connectivity index (χ4n) is 2.20. The zero-order valence-electron chi connectivity index (χ0n) is 11.8. The monoisotopic (exact) mass is 318 g/mol. The number of carbonyl (C=O) groups is 1. The van der Waals surface area contributed by atoms with E-state index in [2.05, 4.69) is 10.3 Å². The quantitative estimate of drug-likeness (QED) is 0.798. The van der Waals surface area contributed by atoms with E-state index in [4.69, 9.17) is 5.11 Å². The molecule has 6 heteroatoms. The minimum absolute atomic E-state index is 0.235. The predicted octanol–water partition coefficient (Wildman–Crippen LogP) is 4.48.